The first kappa shape index (κ1) is 13.6. The Morgan fingerprint density at radius 2 is 1.94 bits per heavy atom. The largest absolute Gasteiger partial charge is 0.469 e. The van der Waals surface area contributed by atoms with Crippen LogP contribution in [-0.2, 0) is 14.3 Å². The maximum Gasteiger partial charge on any atom is 0.391 e. The molecule has 2 fully saturated rings. The van der Waals surface area contributed by atoms with Crippen molar-refractivity contribution >= 4 is 5.97 Å². The van der Waals surface area contributed by atoms with Crippen LogP contribution in [0.4, 0.5) is 13.2 Å². The van der Waals surface area contributed by atoms with Crippen LogP contribution in [0.1, 0.15) is 26.2 Å². The predicted octanol–water partition coefficient (Wildman–Crippen LogP) is 2.54. The lowest BCUT2D eigenvalue weighted by Crippen LogP contribution is -2.42. The molecule has 104 valence electrons. The van der Waals surface area contributed by atoms with E-state index >= 15 is 0 Å². The SMILES string of the molecule is COC(=O)[C@@H]1C[C@H](C(F)(F)F)C[C@@H]2O[C@H](C)C[C@H]21. The van der Waals surface area contributed by atoms with Gasteiger partial charge in [0.05, 0.1) is 31.2 Å². The summed E-state index contributed by atoms with van der Waals surface area (Å²) in [7, 11) is 1.22. The van der Waals surface area contributed by atoms with E-state index in [0.29, 0.717) is 6.42 Å². The van der Waals surface area contributed by atoms with Crippen LogP contribution in [0.5, 0.6) is 0 Å². The molecule has 0 bridgehead atoms. The van der Waals surface area contributed by atoms with Crippen molar-refractivity contribution in [2.45, 2.75) is 44.6 Å². The number of halogens is 3. The van der Waals surface area contributed by atoms with Crippen molar-refractivity contribution in [3.05, 3.63) is 0 Å². The van der Waals surface area contributed by atoms with E-state index in [0.717, 1.165) is 0 Å². The van der Waals surface area contributed by atoms with Crippen molar-refractivity contribution in [1.82, 2.24) is 0 Å². The van der Waals surface area contributed by atoms with Gasteiger partial charge in [0.25, 0.3) is 0 Å². The second-order valence-electron chi connectivity index (χ2n) is 5.22. The van der Waals surface area contributed by atoms with Crippen LogP contribution in [0, 0.1) is 17.8 Å². The van der Waals surface area contributed by atoms with Crippen molar-refractivity contribution in [2.24, 2.45) is 17.8 Å². The van der Waals surface area contributed by atoms with E-state index in [-0.39, 0.29) is 24.9 Å². The molecule has 6 heteroatoms. The molecule has 1 saturated heterocycles. The quantitative estimate of drug-likeness (QED) is 0.684. The van der Waals surface area contributed by atoms with E-state index in [1.165, 1.54) is 7.11 Å². The molecule has 0 aromatic carbocycles. The van der Waals surface area contributed by atoms with Crippen LogP contribution in [0.25, 0.3) is 0 Å². The second kappa shape index (κ2) is 4.72. The van der Waals surface area contributed by atoms with Crippen LogP contribution in [-0.4, -0.2) is 31.5 Å². The zero-order valence-electron chi connectivity index (χ0n) is 10.4. The van der Waals surface area contributed by atoms with E-state index < -0.39 is 30.1 Å². The lowest BCUT2D eigenvalue weighted by molar-refractivity contribution is -0.202. The van der Waals surface area contributed by atoms with Crippen molar-refractivity contribution in [3.63, 3.8) is 0 Å². The Kier molecular flexibility index (Phi) is 3.58. The Bertz CT molecular complexity index is 329. The minimum absolute atomic E-state index is 0.0357. The summed E-state index contributed by atoms with van der Waals surface area (Å²) in [6, 6.07) is 0. The van der Waals surface area contributed by atoms with Crippen LogP contribution in [0.3, 0.4) is 0 Å². The third-order valence-corrected chi connectivity index (χ3v) is 4.03. The predicted molar refractivity (Wildman–Crippen MR) is 56.7 cm³/mol. The van der Waals surface area contributed by atoms with Gasteiger partial charge in [0, 0.05) is 5.92 Å². The summed E-state index contributed by atoms with van der Waals surface area (Å²) in [6.07, 6.45) is -4.40. The second-order valence-corrected chi connectivity index (χ2v) is 5.22. The van der Waals surface area contributed by atoms with Gasteiger partial charge in [-0.3, -0.25) is 4.79 Å². The number of alkyl halides is 3. The molecule has 2 rings (SSSR count). The van der Waals surface area contributed by atoms with Crippen LogP contribution in [0.2, 0.25) is 0 Å². The molecule has 0 amide bonds. The fraction of sp³-hybridized carbons (Fsp3) is 0.917. The number of rotatable bonds is 1. The molecule has 0 radical (unpaired) electrons. The van der Waals surface area contributed by atoms with Gasteiger partial charge in [-0.15, -0.1) is 0 Å². The molecule has 0 spiro atoms. The molecular weight excluding hydrogens is 249 g/mol. The van der Waals surface area contributed by atoms with Crippen LogP contribution < -0.4 is 0 Å². The van der Waals surface area contributed by atoms with Gasteiger partial charge in [-0.1, -0.05) is 0 Å². The van der Waals surface area contributed by atoms with Crippen molar-refractivity contribution in [1.29, 1.82) is 0 Å². The fourth-order valence-corrected chi connectivity index (χ4v) is 3.19. The molecule has 3 nitrogen and oxygen atoms in total. The lowest BCUT2D eigenvalue weighted by Gasteiger charge is -2.36. The summed E-state index contributed by atoms with van der Waals surface area (Å²) in [5.74, 6) is -2.83. The number of hydrogen-bond acceptors (Lipinski definition) is 3. The van der Waals surface area contributed by atoms with Gasteiger partial charge in [0.1, 0.15) is 0 Å². The first-order chi connectivity index (χ1) is 8.32. The van der Waals surface area contributed by atoms with Gasteiger partial charge in [0.15, 0.2) is 0 Å². The Morgan fingerprint density at radius 3 is 2.50 bits per heavy atom. The maximum absolute atomic E-state index is 12.8. The average Bonchev–Trinajstić information content (AvgIpc) is 2.65. The molecular formula is C12H17F3O3. The minimum Gasteiger partial charge on any atom is -0.469 e. The highest BCUT2D eigenvalue weighted by molar-refractivity contribution is 5.73. The van der Waals surface area contributed by atoms with E-state index in [1.807, 2.05) is 6.92 Å². The summed E-state index contributed by atoms with van der Waals surface area (Å²) >= 11 is 0. The van der Waals surface area contributed by atoms with Crippen LogP contribution >= 0.6 is 0 Å². The number of ether oxygens (including phenoxy) is 2. The highest BCUT2D eigenvalue weighted by Gasteiger charge is 2.53. The molecule has 5 atom stereocenters. The van der Waals surface area contributed by atoms with Gasteiger partial charge >= 0.3 is 12.1 Å². The Labute approximate surface area is 104 Å². The molecule has 1 aliphatic carbocycles. The molecule has 2 aliphatic rings. The van der Waals surface area contributed by atoms with Gasteiger partial charge in [-0.05, 0) is 26.2 Å². The summed E-state index contributed by atoms with van der Waals surface area (Å²) in [4.78, 5) is 11.6. The number of methoxy groups -OCH3 is 1. The van der Waals surface area contributed by atoms with Gasteiger partial charge in [0.2, 0.25) is 0 Å². The Hall–Kier alpha value is -0.780. The van der Waals surface area contributed by atoms with Gasteiger partial charge in [-0.25, -0.2) is 0 Å². The van der Waals surface area contributed by atoms with E-state index in [9.17, 15) is 18.0 Å². The number of fused-ring (bicyclic) bond motifs is 1. The molecule has 0 aromatic heterocycles. The highest BCUT2D eigenvalue weighted by atomic mass is 19.4. The number of carbonyl (C=O) groups excluding carboxylic acids is 1. The summed E-state index contributed by atoms with van der Waals surface area (Å²) in [5.41, 5.74) is 0. The smallest absolute Gasteiger partial charge is 0.391 e. The number of carbonyl (C=O) groups is 1. The molecule has 18 heavy (non-hydrogen) atoms. The molecule has 1 aliphatic heterocycles. The first-order valence-electron chi connectivity index (χ1n) is 6.13. The molecule has 1 saturated carbocycles. The maximum atomic E-state index is 12.8. The zero-order chi connectivity index (χ0) is 13.5. The average molecular weight is 266 g/mol. The number of esters is 1. The topological polar surface area (TPSA) is 35.5 Å². The fourth-order valence-electron chi connectivity index (χ4n) is 3.19. The molecule has 1 heterocycles. The van der Waals surface area contributed by atoms with E-state index in [1.54, 1.807) is 0 Å². The summed E-state index contributed by atoms with van der Waals surface area (Å²) < 4.78 is 48.6. The minimum atomic E-state index is -4.27. The van der Waals surface area contributed by atoms with Crippen molar-refractivity contribution in [3.8, 4) is 0 Å². The molecule has 0 N–H and O–H groups in total. The summed E-state index contributed by atoms with van der Waals surface area (Å²) in [5, 5.41) is 0. The van der Waals surface area contributed by atoms with Gasteiger partial charge in [-0.2, -0.15) is 13.2 Å². The summed E-state index contributed by atoms with van der Waals surface area (Å²) in [6.45, 7) is 1.83. The van der Waals surface area contributed by atoms with Crippen LogP contribution in [0.15, 0.2) is 0 Å². The van der Waals surface area contributed by atoms with E-state index in [2.05, 4.69) is 4.74 Å². The van der Waals surface area contributed by atoms with Crippen molar-refractivity contribution in [2.75, 3.05) is 7.11 Å². The third kappa shape index (κ3) is 2.48. The normalized spacial score (nSPS) is 40.4. The number of hydrogen-bond donors (Lipinski definition) is 0. The lowest BCUT2D eigenvalue weighted by atomic mass is 9.71. The Morgan fingerprint density at radius 1 is 1.28 bits per heavy atom. The van der Waals surface area contributed by atoms with E-state index in [4.69, 9.17) is 4.74 Å². The first-order valence-corrected chi connectivity index (χ1v) is 6.13. The highest BCUT2D eigenvalue weighted by Crippen LogP contribution is 2.48. The molecule has 0 unspecified atom stereocenters. The molecule has 0 aromatic rings. The Balaban J connectivity index is 2.18. The zero-order valence-corrected chi connectivity index (χ0v) is 10.4. The third-order valence-electron chi connectivity index (χ3n) is 4.03. The van der Waals surface area contributed by atoms with Crippen molar-refractivity contribution < 1.29 is 27.4 Å². The monoisotopic (exact) mass is 266 g/mol. The van der Waals surface area contributed by atoms with Gasteiger partial charge < -0.3 is 9.47 Å². The standard InChI is InChI=1S/C12H17F3O3/c1-6-3-8-9(11(16)17-2)4-7(12(13,14)15)5-10(8)18-6/h6-10H,3-5H2,1-2H3/t6-,7+,8+,9-,10+/m1/s1.